The van der Waals surface area contributed by atoms with E-state index in [1.165, 1.54) is 120 Å². The molecule has 0 aliphatic heterocycles. The molecule has 3 aliphatic rings. The molecular weight excluding hydrogens is 1030 g/mol. The number of fused-ring (bicyclic) bond motifs is 2. The van der Waals surface area contributed by atoms with Crippen molar-refractivity contribution < 1.29 is 23.0 Å². The molecule has 376 valence electrons. The third-order valence-electron chi connectivity index (χ3n) is 14.9. The summed E-state index contributed by atoms with van der Waals surface area (Å²) in [5.74, 6) is 2.20. The molecule has 0 unspecified atom stereocenters. The molecule has 0 amide bonds. The van der Waals surface area contributed by atoms with E-state index >= 15 is 0 Å². The summed E-state index contributed by atoms with van der Waals surface area (Å²) in [6.45, 7) is 33.5. The summed E-state index contributed by atoms with van der Waals surface area (Å²) in [6, 6.07) is 32.8. The standard InChI is InChI=1S/C39H46O.C12H17N.C10H12.C4H4N.C2H6.W/c1-22-16-24(3)35(25(4)17-22)33-20-29-12-8-10-14-31(29)37(28(33)7)38-32-15-11-9-13-30(32)21-34(39(38)40)36-26(5)18-23(2)19-27(36)6;1-8(2)10-6-5-7-11(9(3)4)12(10)13;1-10(2,3)9-7-5-4-6-8-9;1-2-4-5-3-1;1-2;/h16-21,28,33,40H,8-15H2,1-7H3;5-9H,1-4H3;1,4-8H,2-3H3;1-4H;1-2H3;/q;;;-1;;/t28-,33-;;;;;/m0...../s1. The summed E-state index contributed by atoms with van der Waals surface area (Å²) >= 11 is -0.918. The summed E-state index contributed by atoms with van der Waals surface area (Å²) in [5.41, 5.74) is 25.8. The van der Waals surface area contributed by atoms with Crippen molar-refractivity contribution in [2.24, 2.45) is 9.41 Å². The van der Waals surface area contributed by atoms with E-state index in [-0.39, 0.29) is 5.41 Å². The van der Waals surface area contributed by atoms with Gasteiger partial charge < -0.3 is 10.1 Å². The van der Waals surface area contributed by atoms with Gasteiger partial charge in [-0.2, -0.15) is 12.4 Å². The zero-order valence-corrected chi connectivity index (χ0v) is 49.1. The van der Waals surface area contributed by atoms with Crippen LogP contribution in [0.4, 0.5) is 5.69 Å². The number of phenolic OH excluding ortho intramolecular Hbond substituents is 1. The number of allylic oxidation sites excluding steroid dienone is 4. The zero-order valence-electron chi connectivity index (χ0n) is 46.2. The Kier molecular flexibility index (Phi) is 19.6. The van der Waals surface area contributed by atoms with E-state index in [0.29, 0.717) is 29.4 Å². The molecule has 4 heteroatoms. The van der Waals surface area contributed by atoms with Crippen molar-refractivity contribution in [2.75, 3.05) is 0 Å². The van der Waals surface area contributed by atoms with Gasteiger partial charge in [-0.15, -0.1) is 0 Å². The van der Waals surface area contributed by atoms with Crippen LogP contribution in [0.25, 0.3) is 16.7 Å². The van der Waals surface area contributed by atoms with Gasteiger partial charge >= 0.3 is 156 Å². The monoisotopic (exact) mass is 1120 g/mol. The Morgan fingerprint density at radius 3 is 1.77 bits per heavy atom. The first-order chi connectivity index (χ1) is 34.0. The van der Waals surface area contributed by atoms with Gasteiger partial charge in [0.05, 0.1) is 0 Å². The van der Waals surface area contributed by atoms with Crippen LogP contribution in [0, 0.1) is 47.5 Å². The molecule has 1 fully saturated rings. The van der Waals surface area contributed by atoms with Crippen molar-refractivity contribution in [3.8, 4) is 16.9 Å². The van der Waals surface area contributed by atoms with Gasteiger partial charge in [0.2, 0.25) is 0 Å². The molecule has 9 rings (SSSR count). The fourth-order valence-corrected chi connectivity index (χ4v) is 14.4. The first kappa shape index (κ1) is 55.3. The van der Waals surface area contributed by atoms with Gasteiger partial charge in [-0.3, -0.25) is 0 Å². The molecule has 1 N–H and O–H groups in total. The van der Waals surface area contributed by atoms with Gasteiger partial charge in [0.15, 0.2) is 0 Å². The van der Waals surface area contributed by atoms with E-state index in [4.69, 9.17) is 3.50 Å². The predicted octanol–water partition coefficient (Wildman–Crippen LogP) is 18.8. The van der Waals surface area contributed by atoms with Gasteiger partial charge in [-0.25, -0.2) is 0 Å². The molecule has 6 aromatic rings. The normalized spacial score (nSPS) is 16.3. The number of aromatic nitrogens is 1. The summed E-state index contributed by atoms with van der Waals surface area (Å²) in [5, 5.41) is 12.4. The number of hydrogen-bond donors (Lipinski definition) is 1. The zero-order chi connectivity index (χ0) is 51.6. The van der Waals surface area contributed by atoms with E-state index < -0.39 is 17.9 Å². The van der Waals surface area contributed by atoms with Gasteiger partial charge in [-0.05, 0) is 166 Å². The minimum absolute atomic E-state index is 0.0974. The second kappa shape index (κ2) is 25.1. The molecule has 1 heterocycles. The number of hydrogen-bond acceptors (Lipinski definition) is 2. The second-order valence-electron chi connectivity index (χ2n) is 21.5. The maximum atomic E-state index is 12.4. The summed E-state index contributed by atoms with van der Waals surface area (Å²) in [7, 11) is 0. The number of rotatable bonds is 8. The molecule has 3 aliphatic carbocycles. The maximum Gasteiger partial charge on any atom is 0.131 e. The summed E-state index contributed by atoms with van der Waals surface area (Å²) in [4.78, 5) is 3.72. The molecule has 0 spiro atoms. The largest absolute Gasteiger partial charge is 0.670 e. The van der Waals surface area contributed by atoms with E-state index in [2.05, 4.69) is 184 Å². The van der Waals surface area contributed by atoms with E-state index in [1.807, 2.05) is 26.0 Å². The number of aryl methyl sites for hydroxylation is 7. The van der Waals surface area contributed by atoms with Crippen LogP contribution in [0.2, 0.25) is 0 Å². The van der Waals surface area contributed by atoms with Crippen LogP contribution in [0.15, 0.2) is 124 Å². The number of phenols is 1. The molecule has 1 aromatic heterocycles. The van der Waals surface area contributed by atoms with Crippen LogP contribution in [0.5, 0.6) is 5.75 Å². The number of benzene rings is 5. The van der Waals surface area contributed by atoms with Crippen LogP contribution in [-0.4, -0.2) is 9.51 Å². The van der Waals surface area contributed by atoms with E-state index in [1.54, 1.807) is 18.0 Å². The molecule has 0 saturated heterocycles. The predicted molar refractivity (Wildman–Crippen MR) is 304 cm³/mol. The van der Waals surface area contributed by atoms with Crippen LogP contribution in [0.1, 0.15) is 191 Å². The van der Waals surface area contributed by atoms with Crippen molar-refractivity contribution in [3.63, 3.8) is 0 Å². The van der Waals surface area contributed by atoms with E-state index in [0.717, 1.165) is 31.2 Å². The summed E-state index contributed by atoms with van der Waals surface area (Å²) in [6.07, 6.45) is 15.5. The second-order valence-corrected chi connectivity index (χ2v) is 23.8. The number of nitrogens with zero attached hydrogens (tertiary/aromatic N) is 2. The quantitative estimate of drug-likeness (QED) is 0.165. The van der Waals surface area contributed by atoms with Crippen LogP contribution < -0.4 is 4.98 Å². The van der Waals surface area contributed by atoms with Crippen LogP contribution in [-0.2, 0) is 36.2 Å². The Morgan fingerprint density at radius 2 is 1.21 bits per heavy atom. The van der Waals surface area contributed by atoms with Crippen molar-refractivity contribution in [3.05, 3.63) is 193 Å². The minimum Gasteiger partial charge on any atom is -0.670 e. The van der Waals surface area contributed by atoms with Crippen molar-refractivity contribution >= 4 is 15.7 Å². The third kappa shape index (κ3) is 13.0. The smallest absolute Gasteiger partial charge is 0.131 e. The average molecular weight is 1120 g/mol. The van der Waals surface area contributed by atoms with Gasteiger partial charge in [0.1, 0.15) is 5.75 Å². The van der Waals surface area contributed by atoms with Crippen molar-refractivity contribution in [1.82, 2.24) is 4.98 Å². The molecule has 71 heavy (non-hydrogen) atoms. The van der Waals surface area contributed by atoms with Gasteiger partial charge in [0.25, 0.3) is 0 Å². The maximum absolute atomic E-state index is 12.4. The Morgan fingerprint density at radius 1 is 0.662 bits per heavy atom. The van der Waals surface area contributed by atoms with Crippen molar-refractivity contribution in [2.45, 2.75) is 178 Å². The molecule has 2 atom stereocenters. The Hall–Kier alpha value is -4.98. The topological polar surface area (TPSA) is 46.7 Å². The Bertz CT molecular complexity index is 2790. The Balaban J connectivity index is 0.000000225. The minimum atomic E-state index is -0.918. The SMILES string of the molecule is CC.CC(C)c1cccc(C(C)C)c1[N]=[W]=[CH]C(C)(C)c1ccccc1.Cc1cc(C)c(-c2cc3c(c(C4=C5CCCCC5=C[C@H](c5c(C)cc(C)cc5C)[C@@H]4C)c2O)CCCC3)c(C)c1.c1cc[n-]c1. The third-order valence-corrected chi connectivity index (χ3v) is 18.5. The first-order valence-corrected chi connectivity index (χ1v) is 29.9. The fourth-order valence-electron chi connectivity index (χ4n) is 11.7. The fraction of sp³-hybridized carbons (Fsp3) is 0.418. The first-order valence-electron chi connectivity index (χ1n) is 26.9. The molecule has 0 radical (unpaired) electrons. The van der Waals surface area contributed by atoms with Gasteiger partial charge in [0, 0.05) is 17.0 Å². The molecule has 3 nitrogen and oxygen atoms in total. The van der Waals surface area contributed by atoms with Crippen LogP contribution in [0.3, 0.4) is 0 Å². The molecule has 5 aromatic carbocycles. The van der Waals surface area contributed by atoms with Crippen molar-refractivity contribution in [1.29, 1.82) is 0 Å². The molecular formula is C67H85N2OW-. The summed E-state index contributed by atoms with van der Waals surface area (Å²) < 4.78 is 7.66. The average Bonchev–Trinajstić information content (AvgIpc) is 3.94. The molecule has 1 saturated carbocycles. The van der Waals surface area contributed by atoms with Crippen LogP contribution >= 0.6 is 0 Å². The Labute approximate surface area is 438 Å². The van der Waals surface area contributed by atoms with Gasteiger partial charge in [-0.1, -0.05) is 74.4 Å². The van der Waals surface area contributed by atoms with E-state index in [9.17, 15) is 5.11 Å². The number of aromatic hydroxyl groups is 1. The molecule has 0 bridgehead atoms.